The number of benzene rings is 3. The molecule has 1 nitrogen and oxygen atoms in total. The van der Waals surface area contributed by atoms with Crippen LogP contribution in [0.1, 0.15) is 48.4 Å². The van der Waals surface area contributed by atoms with E-state index in [1.807, 2.05) is 0 Å². The minimum atomic E-state index is -4.52. The Balaban J connectivity index is 1.97. The number of hydrogen-bond acceptors (Lipinski definition) is 1. The van der Waals surface area contributed by atoms with E-state index in [4.69, 9.17) is 12.3 Å². The van der Waals surface area contributed by atoms with Crippen LogP contribution in [0, 0.1) is 0 Å². The zero-order chi connectivity index (χ0) is 26.5. The molecule has 0 spiro atoms. The van der Waals surface area contributed by atoms with E-state index in [-0.39, 0.29) is 34.7 Å². The van der Waals surface area contributed by atoms with Crippen LogP contribution in [0.15, 0.2) is 66.6 Å². The van der Waals surface area contributed by atoms with Gasteiger partial charge >= 0.3 is 6.18 Å². The van der Waals surface area contributed by atoms with E-state index in [0.29, 0.717) is 0 Å². The summed E-state index contributed by atoms with van der Waals surface area (Å²) < 4.78 is 112. The Bertz CT molecular complexity index is 1280. The summed E-state index contributed by atoms with van der Waals surface area (Å²) >= 11 is 0. The zero-order valence-electron chi connectivity index (χ0n) is 22.9. The zero-order valence-corrected chi connectivity index (χ0v) is 13.9. The van der Waals surface area contributed by atoms with Gasteiger partial charge in [-0.1, -0.05) is 60.5 Å². The van der Waals surface area contributed by atoms with E-state index in [2.05, 4.69) is 5.32 Å². The highest BCUT2D eigenvalue weighted by molar-refractivity contribution is 5.86. The standard InChI is InChI=1S/C22H22F3N/c1-16(20-13-5-10-18-9-2-3-12-21(18)20)26-14-6-8-17-7-4-11-19(15-17)22(23,24)25/h2-5,7,9-13,15-16,26H,6,8,14H2,1H3/t16-/m1/s1/i2D,3D,5D,9D,10D,12D,13D,14D2. The Labute approximate surface area is 164 Å². The maximum atomic E-state index is 13.0. The van der Waals surface area contributed by atoms with Gasteiger partial charge in [-0.25, -0.2) is 0 Å². The lowest BCUT2D eigenvalue weighted by atomic mass is 9.99. The van der Waals surface area contributed by atoms with Crippen molar-refractivity contribution >= 4 is 10.8 Å². The van der Waals surface area contributed by atoms with E-state index in [0.717, 1.165) is 12.1 Å². The molecule has 0 amide bonds. The first-order valence-corrected chi connectivity index (χ1v) is 8.00. The van der Waals surface area contributed by atoms with Gasteiger partial charge in [-0.05, 0) is 54.2 Å². The number of fused-ring (bicyclic) bond motifs is 1. The Morgan fingerprint density at radius 2 is 1.88 bits per heavy atom. The van der Waals surface area contributed by atoms with Gasteiger partial charge in [0.25, 0.3) is 0 Å². The molecule has 1 N–H and O–H groups in total. The normalized spacial score (nSPS) is 18.5. The van der Waals surface area contributed by atoms with Crippen LogP contribution in [0.25, 0.3) is 10.8 Å². The van der Waals surface area contributed by atoms with E-state index in [1.54, 1.807) is 0 Å². The predicted molar refractivity (Wildman–Crippen MR) is 100 cm³/mol. The van der Waals surface area contributed by atoms with E-state index in [1.165, 1.54) is 19.1 Å². The first-order chi connectivity index (χ1) is 16.1. The molecule has 0 fully saturated rings. The summed E-state index contributed by atoms with van der Waals surface area (Å²) in [6.07, 6.45) is -4.78. The molecular weight excluding hydrogens is 335 g/mol. The third-order valence-electron chi connectivity index (χ3n) is 3.89. The summed E-state index contributed by atoms with van der Waals surface area (Å²) in [7, 11) is 0. The first kappa shape index (κ1) is 10.1. The van der Waals surface area contributed by atoms with Crippen LogP contribution in [-0.4, -0.2) is 6.50 Å². The van der Waals surface area contributed by atoms with Crippen LogP contribution in [0.5, 0.6) is 0 Å². The monoisotopic (exact) mass is 366 g/mol. The number of aryl methyl sites for hydroxylation is 1. The first-order valence-electron chi connectivity index (χ1n) is 12.5. The summed E-state index contributed by atoms with van der Waals surface area (Å²) in [4.78, 5) is 0. The Kier molecular flexibility index (Phi) is 3.08. The lowest BCUT2D eigenvalue weighted by molar-refractivity contribution is -0.137. The number of alkyl halides is 3. The van der Waals surface area contributed by atoms with Gasteiger partial charge in [0.05, 0.1) is 15.2 Å². The third-order valence-corrected chi connectivity index (χ3v) is 3.89. The van der Waals surface area contributed by atoms with Gasteiger partial charge in [0.15, 0.2) is 0 Å². The maximum absolute atomic E-state index is 13.0. The fourth-order valence-corrected chi connectivity index (χ4v) is 2.56. The molecule has 0 heterocycles. The average Bonchev–Trinajstić information content (AvgIpc) is 2.77. The van der Waals surface area contributed by atoms with Crippen LogP contribution >= 0.6 is 0 Å². The SMILES string of the molecule is [2H]c1c([2H])c([2H])c2c([C@@H](C)NC([2H])([2H])CCc3cccc(C(F)(F)F)c3)c([2H])c([2H])c([2H])c2c1[2H]. The Morgan fingerprint density at radius 3 is 2.69 bits per heavy atom. The van der Waals surface area contributed by atoms with Crippen LogP contribution in [-0.2, 0) is 12.6 Å². The molecule has 3 rings (SSSR count). The minimum Gasteiger partial charge on any atom is -0.310 e. The van der Waals surface area contributed by atoms with Gasteiger partial charge in [0.1, 0.15) is 0 Å². The quantitative estimate of drug-likeness (QED) is 0.552. The minimum absolute atomic E-state index is 0.0277. The van der Waals surface area contributed by atoms with Crippen molar-refractivity contribution in [2.75, 3.05) is 6.50 Å². The lowest BCUT2D eigenvalue weighted by Crippen LogP contribution is -2.20. The van der Waals surface area contributed by atoms with Gasteiger partial charge in [-0.2, -0.15) is 13.2 Å². The van der Waals surface area contributed by atoms with Crippen LogP contribution < -0.4 is 5.32 Å². The molecule has 0 aliphatic heterocycles. The van der Waals surface area contributed by atoms with Crippen molar-refractivity contribution in [2.45, 2.75) is 32.0 Å². The van der Waals surface area contributed by atoms with Gasteiger partial charge in [-0.3, -0.25) is 0 Å². The largest absolute Gasteiger partial charge is 0.416 e. The van der Waals surface area contributed by atoms with Crippen molar-refractivity contribution in [1.82, 2.24) is 5.32 Å². The van der Waals surface area contributed by atoms with Gasteiger partial charge in [0.2, 0.25) is 0 Å². The highest BCUT2D eigenvalue weighted by Gasteiger charge is 2.30. The molecule has 0 aliphatic rings. The molecule has 0 radical (unpaired) electrons. The predicted octanol–water partition coefficient (Wildman–Crippen LogP) is 6.14. The fraction of sp³-hybridized carbons (Fsp3) is 0.273. The van der Waals surface area contributed by atoms with Crippen LogP contribution in [0.3, 0.4) is 0 Å². The number of nitrogens with one attached hydrogen (secondary N) is 1. The van der Waals surface area contributed by atoms with Crippen molar-refractivity contribution in [1.29, 1.82) is 0 Å². The summed E-state index contributed by atoms with van der Waals surface area (Å²) in [5, 5.41) is 2.27. The molecule has 0 aromatic heterocycles. The van der Waals surface area contributed by atoms with Crippen LogP contribution in [0.2, 0.25) is 0 Å². The summed E-state index contributed by atoms with van der Waals surface area (Å²) in [5.74, 6) is 0. The molecule has 0 unspecified atom stereocenters. The van der Waals surface area contributed by atoms with Crippen molar-refractivity contribution in [3.63, 3.8) is 0 Å². The topological polar surface area (TPSA) is 12.0 Å². The van der Waals surface area contributed by atoms with E-state index >= 15 is 0 Å². The van der Waals surface area contributed by atoms with E-state index in [9.17, 15) is 13.2 Å². The van der Waals surface area contributed by atoms with Crippen LogP contribution in [0.4, 0.5) is 13.2 Å². The fourth-order valence-electron chi connectivity index (χ4n) is 2.56. The molecule has 3 aromatic carbocycles. The molecular formula is C22H22F3N. The summed E-state index contributed by atoms with van der Waals surface area (Å²) in [6, 6.07) is -0.204. The van der Waals surface area contributed by atoms with E-state index < -0.39 is 66.6 Å². The number of rotatable bonds is 6. The van der Waals surface area contributed by atoms with Crippen molar-refractivity contribution < 1.29 is 25.5 Å². The molecule has 0 bridgehead atoms. The van der Waals surface area contributed by atoms with Crippen molar-refractivity contribution in [3.05, 3.63) is 83.3 Å². The highest BCUT2D eigenvalue weighted by Crippen LogP contribution is 2.29. The molecule has 4 heteroatoms. The lowest BCUT2D eigenvalue weighted by Gasteiger charge is -2.17. The highest BCUT2D eigenvalue weighted by atomic mass is 19.4. The average molecular weight is 366 g/mol. The van der Waals surface area contributed by atoms with Gasteiger partial charge in [-0.15, -0.1) is 0 Å². The number of halogens is 3. The molecule has 26 heavy (non-hydrogen) atoms. The second-order valence-electron chi connectivity index (χ2n) is 5.78. The maximum Gasteiger partial charge on any atom is 0.416 e. The molecule has 3 aromatic rings. The van der Waals surface area contributed by atoms with Gasteiger partial charge < -0.3 is 5.32 Å². The second kappa shape index (κ2) is 7.92. The van der Waals surface area contributed by atoms with Crippen molar-refractivity contribution in [2.24, 2.45) is 0 Å². The molecule has 0 aliphatic carbocycles. The second-order valence-corrected chi connectivity index (χ2v) is 5.78. The molecule has 0 saturated carbocycles. The number of hydrogen-bond donors (Lipinski definition) is 1. The summed E-state index contributed by atoms with van der Waals surface area (Å²) in [5.41, 5.74) is -0.614. The Hall–Kier alpha value is -2.33. The Morgan fingerprint density at radius 1 is 1.12 bits per heavy atom. The molecule has 0 saturated heterocycles. The van der Waals surface area contributed by atoms with Crippen molar-refractivity contribution in [3.8, 4) is 0 Å². The third kappa shape index (κ3) is 4.44. The van der Waals surface area contributed by atoms with Gasteiger partial charge in [0, 0.05) is 8.78 Å². The molecule has 1 atom stereocenters. The molecule has 136 valence electrons. The smallest absolute Gasteiger partial charge is 0.310 e. The summed E-state index contributed by atoms with van der Waals surface area (Å²) in [6.45, 7) is -0.682.